The van der Waals surface area contributed by atoms with Gasteiger partial charge in [0.25, 0.3) is 0 Å². The molecular weight excluding hydrogens is 276 g/mol. The van der Waals surface area contributed by atoms with Gasteiger partial charge in [0.05, 0.1) is 11.6 Å². The molecule has 0 spiro atoms. The van der Waals surface area contributed by atoms with E-state index in [0.29, 0.717) is 5.02 Å². The molecule has 0 heterocycles. The highest BCUT2D eigenvalue weighted by Crippen LogP contribution is 2.37. The number of aliphatic hydroxyl groups excluding tert-OH is 1. The lowest BCUT2D eigenvalue weighted by Gasteiger charge is -2.10. The maximum absolute atomic E-state index is 9.40. The van der Waals surface area contributed by atoms with Gasteiger partial charge in [-0.15, -0.1) is 0 Å². The fourth-order valence-electron chi connectivity index (χ4n) is 2.52. The lowest BCUT2D eigenvalue weighted by Crippen LogP contribution is -1.89. The van der Waals surface area contributed by atoms with Gasteiger partial charge in [0.2, 0.25) is 0 Å². The molecule has 0 atom stereocenters. The number of fused-ring (bicyclic) bond motifs is 1. The van der Waals surface area contributed by atoms with Gasteiger partial charge in [0, 0.05) is 9.79 Å². The van der Waals surface area contributed by atoms with Gasteiger partial charge in [-0.2, -0.15) is 0 Å². The Morgan fingerprint density at radius 3 is 2.79 bits per heavy atom. The number of hydrogen-bond acceptors (Lipinski definition) is 2. The van der Waals surface area contributed by atoms with Crippen molar-refractivity contribution in [3.63, 3.8) is 0 Å². The van der Waals surface area contributed by atoms with Gasteiger partial charge < -0.3 is 5.11 Å². The smallest absolute Gasteiger partial charge is 0.0693 e. The highest BCUT2D eigenvalue weighted by Gasteiger charge is 2.13. The van der Waals surface area contributed by atoms with Crippen LogP contribution in [0.4, 0.5) is 0 Å². The van der Waals surface area contributed by atoms with Crippen LogP contribution in [-0.4, -0.2) is 5.11 Å². The Hall–Kier alpha value is -0.960. The fraction of sp³-hybridized carbons (Fsp3) is 0.250. The summed E-state index contributed by atoms with van der Waals surface area (Å²) in [5.74, 6) is 0. The van der Waals surface area contributed by atoms with Crippen LogP contribution in [0.1, 0.15) is 23.1 Å². The van der Waals surface area contributed by atoms with Crippen LogP contribution >= 0.6 is 23.4 Å². The minimum atomic E-state index is 0.0217. The Balaban J connectivity index is 1.93. The zero-order valence-corrected chi connectivity index (χ0v) is 12.1. The standard InChI is InChI=1S/C16H15ClOS/c17-15-6-2-5-13(10-18)16(15)19-14-8-7-11-3-1-4-12(11)9-14/h2,5-9,18H,1,3-4,10H2. The molecule has 0 aromatic heterocycles. The summed E-state index contributed by atoms with van der Waals surface area (Å²) in [6, 6.07) is 12.3. The van der Waals surface area contributed by atoms with E-state index in [4.69, 9.17) is 11.6 Å². The number of halogens is 1. The summed E-state index contributed by atoms with van der Waals surface area (Å²) < 4.78 is 0. The summed E-state index contributed by atoms with van der Waals surface area (Å²) in [4.78, 5) is 2.16. The molecule has 0 amide bonds. The molecule has 1 N–H and O–H groups in total. The molecule has 1 aliphatic rings. The average Bonchev–Trinajstić information content (AvgIpc) is 2.88. The van der Waals surface area contributed by atoms with E-state index >= 15 is 0 Å². The van der Waals surface area contributed by atoms with E-state index in [1.165, 1.54) is 35.3 Å². The van der Waals surface area contributed by atoms with Crippen molar-refractivity contribution in [1.82, 2.24) is 0 Å². The van der Waals surface area contributed by atoms with Gasteiger partial charge in [-0.05, 0) is 54.2 Å². The zero-order valence-electron chi connectivity index (χ0n) is 10.5. The summed E-state index contributed by atoms with van der Waals surface area (Å²) in [7, 11) is 0. The average molecular weight is 291 g/mol. The molecule has 0 fully saturated rings. The van der Waals surface area contributed by atoms with Crippen LogP contribution in [0.3, 0.4) is 0 Å². The first-order valence-corrected chi connectivity index (χ1v) is 7.65. The molecule has 0 bridgehead atoms. The minimum Gasteiger partial charge on any atom is -0.392 e. The van der Waals surface area contributed by atoms with Crippen molar-refractivity contribution in [1.29, 1.82) is 0 Å². The Morgan fingerprint density at radius 1 is 1.11 bits per heavy atom. The quantitative estimate of drug-likeness (QED) is 0.900. The molecule has 2 aromatic carbocycles. The lowest BCUT2D eigenvalue weighted by molar-refractivity contribution is 0.279. The van der Waals surface area contributed by atoms with Crippen LogP contribution in [0.5, 0.6) is 0 Å². The lowest BCUT2D eigenvalue weighted by atomic mass is 10.1. The summed E-state index contributed by atoms with van der Waals surface area (Å²) in [6.45, 7) is 0.0217. The van der Waals surface area contributed by atoms with E-state index in [1.807, 2.05) is 18.2 Å². The number of benzene rings is 2. The van der Waals surface area contributed by atoms with Crippen molar-refractivity contribution < 1.29 is 5.11 Å². The molecule has 0 aliphatic heterocycles. The van der Waals surface area contributed by atoms with Gasteiger partial charge >= 0.3 is 0 Å². The van der Waals surface area contributed by atoms with Crippen LogP contribution in [0.15, 0.2) is 46.2 Å². The van der Waals surface area contributed by atoms with Crippen LogP contribution < -0.4 is 0 Å². The van der Waals surface area contributed by atoms with Crippen molar-refractivity contribution in [2.45, 2.75) is 35.7 Å². The molecular formula is C16H15ClOS. The zero-order chi connectivity index (χ0) is 13.2. The Bertz CT molecular complexity index is 610. The molecule has 0 radical (unpaired) electrons. The van der Waals surface area contributed by atoms with Crippen LogP contribution in [0, 0.1) is 0 Å². The second kappa shape index (κ2) is 5.58. The van der Waals surface area contributed by atoms with Crippen molar-refractivity contribution in [3.05, 3.63) is 58.1 Å². The molecule has 98 valence electrons. The van der Waals surface area contributed by atoms with Crippen molar-refractivity contribution in [2.24, 2.45) is 0 Å². The summed E-state index contributed by atoms with van der Waals surface area (Å²) in [5, 5.41) is 10.1. The first-order chi connectivity index (χ1) is 9.28. The maximum Gasteiger partial charge on any atom is 0.0693 e. The fourth-order valence-corrected chi connectivity index (χ4v) is 3.83. The molecule has 1 nitrogen and oxygen atoms in total. The van der Waals surface area contributed by atoms with Crippen LogP contribution in [0.25, 0.3) is 0 Å². The summed E-state index contributed by atoms with van der Waals surface area (Å²) in [6.07, 6.45) is 3.64. The number of rotatable bonds is 3. The van der Waals surface area contributed by atoms with Crippen molar-refractivity contribution in [3.8, 4) is 0 Å². The molecule has 1 aliphatic carbocycles. The van der Waals surface area contributed by atoms with E-state index < -0.39 is 0 Å². The number of hydrogen-bond donors (Lipinski definition) is 1. The topological polar surface area (TPSA) is 20.2 Å². The monoisotopic (exact) mass is 290 g/mol. The minimum absolute atomic E-state index is 0.0217. The predicted octanol–water partition coefficient (Wildman–Crippen LogP) is 4.47. The molecule has 19 heavy (non-hydrogen) atoms. The van der Waals surface area contributed by atoms with E-state index in [9.17, 15) is 5.11 Å². The molecule has 3 rings (SSSR count). The second-order valence-corrected chi connectivity index (χ2v) is 6.26. The second-order valence-electron chi connectivity index (χ2n) is 4.77. The van der Waals surface area contributed by atoms with Gasteiger partial charge in [-0.1, -0.05) is 41.6 Å². The van der Waals surface area contributed by atoms with E-state index in [0.717, 1.165) is 10.5 Å². The third-order valence-corrected chi connectivity index (χ3v) is 5.11. The summed E-state index contributed by atoms with van der Waals surface area (Å²) in [5.41, 5.74) is 3.83. The molecule has 0 saturated heterocycles. The maximum atomic E-state index is 9.40. The molecule has 0 saturated carbocycles. The van der Waals surface area contributed by atoms with Gasteiger partial charge in [0.1, 0.15) is 0 Å². The van der Waals surface area contributed by atoms with Gasteiger partial charge in [-0.3, -0.25) is 0 Å². The highest BCUT2D eigenvalue weighted by atomic mass is 35.5. The van der Waals surface area contributed by atoms with Crippen LogP contribution in [0.2, 0.25) is 5.02 Å². The van der Waals surface area contributed by atoms with Crippen molar-refractivity contribution in [2.75, 3.05) is 0 Å². The van der Waals surface area contributed by atoms with Gasteiger partial charge in [0.15, 0.2) is 0 Å². The van der Waals surface area contributed by atoms with E-state index in [-0.39, 0.29) is 6.61 Å². The number of aliphatic hydroxyl groups is 1. The van der Waals surface area contributed by atoms with Crippen LogP contribution in [-0.2, 0) is 19.4 Å². The first-order valence-electron chi connectivity index (χ1n) is 6.46. The molecule has 2 aromatic rings. The van der Waals surface area contributed by atoms with Gasteiger partial charge in [-0.25, -0.2) is 0 Å². The normalized spacial score (nSPS) is 13.6. The van der Waals surface area contributed by atoms with Crippen molar-refractivity contribution >= 4 is 23.4 Å². The largest absolute Gasteiger partial charge is 0.392 e. The third kappa shape index (κ3) is 2.66. The molecule has 3 heteroatoms. The Labute approximate surface area is 122 Å². The SMILES string of the molecule is OCc1cccc(Cl)c1Sc1ccc2c(c1)CCC2. The third-order valence-electron chi connectivity index (χ3n) is 3.51. The number of aryl methyl sites for hydroxylation is 2. The Kier molecular flexibility index (Phi) is 3.83. The predicted molar refractivity (Wildman–Crippen MR) is 80.0 cm³/mol. The first kappa shape index (κ1) is 13.0. The Morgan fingerprint density at radius 2 is 1.95 bits per heavy atom. The van der Waals surface area contributed by atoms with E-state index in [2.05, 4.69) is 18.2 Å². The summed E-state index contributed by atoms with van der Waals surface area (Å²) >= 11 is 7.88. The van der Waals surface area contributed by atoms with E-state index in [1.54, 1.807) is 11.8 Å². The highest BCUT2D eigenvalue weighted by molar-refractivity contribution is 7.99. The molecule has 0 unspecified atom stereocenters.